The Morgan fingerprint density at radius 3 is 2.78 bits per heavy atom. The number of carbonyl (C=O) groups is 1. The van der Waals surface area contributed by atoms with Gasteiger partial charge < -0.3 is 4.74 Å². The molecule has 32 heavy (non-hydrogen) atoms. The number of aromatic nitrogens is 4. The van der Waals surface area contributed by atoms with Crippen LogP contribution in [0.4, 0.5) is 0 Å². The van der Waals surface area contributed by atoms with Gasteiger partial charge in [-0.25, -0.2) is 19.7 Å². The predicted octanol–water partition coefficient (Wildman–Crippen LogP) is 4.48. The van der Waals surface area contributed by atoms with Gasteiger partial charge in [0.15, 0.2) is 11.3 Å². The largest absolute Gasteiger partial charge is 0.457 e. The molecule has 0 radical (unpaired) electrons. The average Bonchev–Trinajstić information content (AvgIpc) is 3.46. The van der Waals surface area contributed by atoms with Crippen LogP contribution in [-0.4, -0.2) is 31.7 Å². The van der Waals surface area contributed by atoms with E-state index in [1.54, 1.807) is 30.9 Å². The fourth-order valence-corrected chi connectivity index (χ4v) is 4.19. The molecule has 7 nitrogen and oxygen atoms in total. The maximum absolute atomic E-state index is 12.5. The molecule has 2 aromatic carbocycles. The highest BCUT2D eigenvalue weighted by Crippen LogP contribution is 2.32. The van der Waals surface area contributed by atoms with Gasteiger partial charge in [-0.15, -0.1) is 0 Å². The zero-order valence-electron chi connectivity index (χ0n) is 16.9. The molecule has 2 aromatic heterocycles. The molecule has 8 heteroatoms. The van der Waals surface area contributed by atoms with Crippen molar-refractivity contribution in [2.24, 2.45) is 4.99 Å². The minimum absolute atomic E-state index is 0.165. The van der Waals surface area contributed by atoms with E-state index in [4.69, 9.17) is 9.73 Å². The minimum atomic E-state index is -0.701. The highest BCUT2D eigenvalue weighted by atomic mass is 79.9. The van der Waals surface area contributed by atoms with E-state index in [-0.39, 0.29) is 12.6 Å². The third kappa shape index (κ3) is 3.85. The Bertz CT molecular complexity index is 1350. The van der Waals surface area contributed by atoms with Crippen molar-refractivity contribution >= 4 is 39.3 Å². The maximum Gasteiger partial charge on any atom is 0.338 e. The first-order valence-electron chi connectivity index (χ1n) is 10.0. The molecule has 1 unspecified atom stereocenters. The summed E-state index contributed by atoms with van der Waals surface area (Å²) in [7, 11) is 0. The number of fused-ring (bicyclic) bond motifs is 1. The third-order valence-corrected chi connectivity index (χ3v) is 5.86. The lowest BCUT2D eigenvalue weighted by Crippen LogP contribution is -2.30. The molecule has 1 aliphatic heterocycles. The van der Waals surface area contributed by atoms with Gasteiger partial charge in [-0.3, -0.25) is 9.56 Å². The van der Waals surface area contributed by atoms with E-state index in [0.717, 1.165) is 15.6 Å². The molecule has 0 N–H and O–H groups in total. The first kappa shape index (κ1) is 20.3. The van der Waals surface area contributed by atoms with Gasteiger partial charge in [-0.1, -0.05) is 46.3 Å². The number of hydrogen-bond acceptors (Lipinski definition) is 6. The third-order valence-electron chi connectivity index (χ3n) is 5.37. The van der Waals surface area contributed by atoms with Crippen molar-refractivity contribution in [1.29, 1.82) is 0 Å². The van der Waals surface area contributed by atoms with Crippen molar-refractivity contribution in [2.45, 2.75) is 18.7 Å². The highest BCUT2D eigenvalue weighted by Gasteiger charge is 2.33. The van der Waals surface area contributed by atoms with Crippen LogP contribution in [0.1, 0.15) is 21.5 Å². The molecule has 1 aliphatic rings. The van der Waals surface area contributed by atoms with Gasteiger partial charge in [0.1, 0.15) is 18.5 Å². The van der Waals surface area contributed by atoms with Crippen molar-refractivity contribution < 1.29 is 9.53 Å². The van der Waals surface area contributed by atoms with Crippen molar-refractivity contribution in [1.82, 2.24) is 19.5 Å². The second-order valence-electron chi connectivity index (χ2n) is 7.39. The van der Waals surface area contributed by atoms with Gasteiger partial charge in [0.2, 0.25) is 0 Å². The smallest absolute Gasteiger partial charge is 0.338 e. The summed E-state index contributed by atoms with van der Waals surface area (Å²) in [6.45, 7) is 0.165. The summed E-state index contributed by atoms with van der Waals surface area (Å²) in [5, 5.41) is 0. The SMILES string of the molecule is O=C(OCc1ccccc1CC1(n2cnc3cncnc32)C=CC=N1)c1cccc(Br)c1. The fraction of sp³-hybridized carbons (Fsp3) is 0.125. The Balaban J connectivity index is 1.42. The molecular weight excluding hydrogens is 470 g/mol. The summed E-state index contributed by atoms with van der Waals surface area (Å²) >= 11 is 3.38. The normalized spacial score (nSPS) is 17.2. The predicted molar refractivity (Wildman–Crippen MR) is 124 cm³/mol. The number of ether oxygens (including phenoxy) is 1. The topological polar surface area (TPSA) is 82.3 Å². The lowest BCUT2D eigenvalue weighted by Gasteiger charge is -2.27. The number of aliphatic imine (C=N–C) groups is 1. The summed E-state index contributed by atoms with van der Waals surface area (Å²) in [6.07, 6.45) is 11.2. The standard InChI is InChI=1S/C24H18BrN5O2/c25-20-8-3-7-17(11-20)23(31)32-14-19-6-2-1-5-18(19)12-24(9-4-10-29-24)30-16-28-21-13-26-15-27-22(21)30/h1-11,13,15-16H,12,14H2. The van der Waals surface area contributed by atoms with Crippen molar-refractivity contribution in [3.63, 3.8) is 0 Å². The van der Waals surface area contributed by atoms with Crippen molar-refractivity contribution in [3.05, 3.63) is 101 Å². The summed E-state index contributed by atoms with van der Waals surface area (Å²) in [5.74, 6) is -0.369. The van der Waals surface area contributed by atoms with Gasteiger partial charge in [0.05, 0.1) is 18.1 Å². The van der Waals surface area contributed by atoms with Gasteiger partial charge in [-0.05, 0) is 41.5 Å². The Morgan fingerprint density at radius 1 is 1.09 bits per heavy atom. The molecule has 0 amide bonds. The van der Waals surface area contributed by atoms with Crippen LogP contribution >= 0.6 is 15.9 Å². The summed E-state index contributed by atoms with van der Waals surface area (Å²) < 4.78 is 8.39. The molecule has 158 valence electrons. The number of carbonyl (C=O) groups excluding carboxylic acids is 1. The van der Waals surface area contributed by atoms with E-state index >= 15 is 0 Å². The Hall–Kier alpha value is -3.65. The molecule has 0 saturated carbocycles. The molecule has 0 fully saturated rings. The molecular formula is C24H18BrN5O2. The lowest BCUT2D eigenvalue weighted by molar-refractivity contribution is 0.0471. The number of halogens is 1. The molecule has 0 bridgehead atoms. The summed E-state index contributed by atoms with van der Waals surface area (Å²) in [5.41, 5.74) is 3.16. The number of allylic oxidation sites excluding steroid dienone is 1. The van der Waals surface area contributed by atoms with Crippen LogP contribution in [0.3, 0.4) is 0 Å². The molecule has 5 rings (SSSR count). The molecule has 4 aromatic rings. The van der Waals surface area contributed by atoms with E-state index in [9.17, 15) is 4.79 Å². The molecule has 3 heterocycles. The van der Waals surface area contributed by atoms with Crippen LogP contribution in [0.2, 0.25) is 0 Å². The summed E-state index contributed by atoms with van der Waals surface area (Å²) in [6, 6.07) is 15.1. The van der Waals surface area contributed by atoms with Crippen LogP contribution in [-0.2, 0) is 23.4 Å². The van der Waals surface area contributed by atoms with E-state index in [2.05, 4.69) is 30.9 Å². The number of hydrogen-bond donors (Lipinski definition) is 0. The number of benzene rings is 2. The molecule has 0 aliphatic carbocycles. The molecule has 0 spiro atoms. The van der Waals surface area contributed by atoms with Gasteiger partial charge in [0, 0.05) is 17.1 Å². The average molecular weight is 488 g/mol. The Morgan fingerprint density at radius 2 is 1.97 bits per heavy atom. The Kier molecular flexibility index (Phi) is 5.36. The Labute approximate surface area is 192 Å². The van der Waals surface area contributed by atoms with Crippen molar-refractivity contribution in [3.8, 4) is 0 Å². The van der Waals surface area contributed by atoms with E-state index in [0.29, 0.717) is 23.1 Å². The van der Waals surface area contributed by atoms with E-state index < -0.39 is 5.66 Å². The minimum Gasteiger partial charge on any atom is -0.457 e. The lowest BCUT2D eigenvalue weighted by atomic mass is 9.96. The summed E-state index contributed by atoms with van der Waals surface area (Å²) in [4.78, 5) is 30.2. The number of rotatable bonds is 6. The van der Waals surface area contributed by atoms with Gasteiger partial charge in [-0.2, -0.15) is 0 Å². The second-order valence-corrected chi connectivity index (χ2v) is 8.31. The van der Waals surface area contributed by atoms with Crippen LogP contribution in [0.25, 0.3) is 11.2 Å². The zero-order chi connectivity index (χ0) is 22.0. The maximum atomic E-state index is 12.5. The second kappa shape index (κ2) is 8.47. The van der Waals surface area contributed by atoms with Gasteiger partial charge in [0.25, 0.3) is 0 Å². The van der Waals surface area contributed by atoms with Crippen LogP contribution < -0.4 is 0 Å². The fourth-order valence-electron chi connectivity index (χ4n) is 3.79. The van der Waals surface area contributed by atoms with Crippen LogP contribution in [0.5, 0.6) is 0 Å². The van der Waals surface area contributed by atoms with Gasteiger partial charge >= 0.3 is 5.97 Å². The highest BCUT2D eigenvalue weighted by molar-refractivity contribution is 9.10. The number of nitrogens with zero attached hydrogens (tertiary/aromatic N) is 5. The van der Waals surface area contributed by atoms with E-state index in [1.165, 1.54) is 6.33 Å². The quantitative estimate of drug-likeness (QED) is 0.374. The van der Waals surface area contributed by atoms with E-state index in [1.807, 2.05) is 53.1 Å². The molecule has 1 atom stereocenters. The van der Waals surface area contributed by atoms with Crippen LogP contribution in [0.15, 0.2) is 89.0 Å². The first-order chi connectivity index (χ1) is 15.6. The van der Waals surface area contributed by atoms with Crippen molar-refractivity contribution in [2.75, 3.05) is 0 Å². The monoisotopic (exact) mass is 487 g/mol. The zero-order valence-corrected chi connectivity index (χ0v) is 18.5. The number of imidazole rings is 1. The first-order valence-corrected chi connectivity index (χ1v) is 10.8. The number of esters is 1. The molecule has 0 saturated heterocycles. The van der Waals surface area contributed by atoms with Crippen LogP contribution in [0, 0.1) is 0 Å².